The summed E-state index contributed by atoms with van der Waals surface area (Å²) in [5, 5.41) is 9.30. The first-order valence-corrected chi connectivity index (χ1v) is 17.5. The zero-order valence-electron chi connectivity index (χ0n) is 28.9. The number of carboxylic acid groups (broad SMARTS) is 1. The monoisotopic (exact) mass is 747 g/mol. The van der Waals surface area contributed by atoms with Crippen LogP contribution in [-0.2, 0) is 27.6 Å². The second-order valence-electron chi connectivity index (χ2n) is 14.1. The Hall–Kier alpha value is -5.30. The highest BCUT2D eigenvalue weighted by atomic mass is 32.1. The van der Waals surface area contributed by atoms with Crippen LogP contribution in [0.3, 0.4) is 0 Å². The van der Waals surface area contributed by atoms with Gasteiger partial charge in [-0.15, -0.1) is 11.3 Å². The molecule has 6 rings (SSSR count). The molecular formula is C40H34F5N3O4S. The normalized spacial score (nSPS) is 14.2. The molecule has 2 aromatic heterocycles. The molecule has 3 aromatic carbocycles. The van der Waals surface area contributed by atoms with Gasteiger partial charge in [-0.05, 0) is 58.9 Å². The maximum atomic E-state index is 15.2. The van der Waals surface area contributed by atoms with E-state index in [2.05, 4.69) is 30.7 Å². The van der Waals surface area contributed by atoms with E-state index in [1.165, 1.54) is 40.8 Å². The molecule has 0 spiro atoms. The first kappa shape index (κ1) is 37.5. The van der Waals surface area contributed by atoms with Crippen molar-refractivity contribution in [2.24, 2.45) is 11.8 Å². The van der Waals surface area contributed by atoms with Gasteiger partial charge in [0.25, 0.3) is 0 Å². The fourth-order valence-corrected chi connectivity index (χ4v) is 7.09. The van der Waals surface area contributed by atoms with Gasteiger partial charge < -0.3 is 10.0 Å². The molecule has 0 bridgehead atoms. The maximum absolute atomic E-state index is 15.2. The number of carboxylic acids is 1. The van der Waals surface area contributed by atoms with Crippen molar-refractivity contribution in [2.75, 3.05) is 13.1 Å². The third-order valence-electron chi connectivity index (χ3n) is 9.18. The van der Waals surface area contributed by atoms with Gasteiger partial charge in [0.2, 0.25) is 5.91 Å². The van der Waals surface area contributed by atoms with E-state index < -0.39 is 41.2 Å². The quantitative estimate of drug-likeness (QED) is 0.113. The molecule has 13 heteroatoms. The van der Waals surface area contributed by atoms with Crippen LogP contribution in [0.25, 0.3) is 33.6 Å². The molecular weight excluding hydrogens is 714 g/mol. The molecule has 3 heterocycles. The van der Waals surface area contributed by atoms with Crippen molar-refractivity contribution in [1.82, 2.24) is 14.9 Å². The number of thiophene rings is 1. The average Bonchev–Trinajstić information content (AvgIpc) is 3.59. The van der Waals surface area contributed by atoms with Gasteiger partial charge in [0.05, 0.1) is 16.4 Å². The van der Waals surface area contributed by atoms with Gasteiger partial charge in [-0.2, -0.15) is 13.2 Å². The standard InChI is InChI=1S/C40H34F5N3O4S/c1-39(2,3)35-13-12-34(53-35)33(49)17-26(37(50)48-20-28(21-48)38(51)52)14-22-4-6-23(7-5-22)36-46-18-27(19-47-36)29-10-8-24(15-31(29)41)25-9-11-30(32(42)16-25)40(43,44)45/h4-13,15-16,18-19,26,28H,14,17,20-21H2,1-3H3,(H,51,52)/t26-/m1/s1. The minimum absolute atomic E-state index is 0.0255. The van der Waals surface area contributed by atoms with Crippen molar-refractivity contribution in [1.29, 1.82) is 0 Å². The second kappa shape index (κ2) is 14.6. The van der Waals surface area contributed by atoms with Crippen molar-refractivity contribution >= 4 is 29.0 Å². The number of amides is 1. The van der Waals surface area contributed by atoms with Gasteiger partial charge in [-0.1, -0.05) is 63.2 Å². The number of halogens is 5. The van der Waals surface area contributed by atoms with Gasteiger partial charge in [0.15, 0.2) is 11.6 Å². The van der Waals surface area contributed by atoms with E-state index in [1.807, 2.05) is 6.07 Å². The molecule has 0 unspecified atom stereocenters. The third-order valence-corrected chi connectivity index (χ3v) is 10.7. The Labute approximate surface area is 306 Å². The molecule has 0 aliphatic carbocycles. The Bertz CT molecular complexity index is 2170. The van der Waals surface area contributed by atoms with Crippen molar-refractivity contribution in [2.45, 2.75) is 45.2 Å². The molecule has 1 saturated heterocycles. The number of hydrogen-bond acceptors (Lipinski definition) is 6. The zero-order valence-corrected chi connectivity index (χ0v) is 29.7. The molecule has 0 saturated carbocycles. The van der Waals surface area contributed by atoms with Crippen LogP contribution in [0, 0.1) is 23.5 Å². The van der Waals surface area contributed by atoms with Crippen molar-refractivity contribution in [3.8, 4) is 33.6 Å². The number of hydrogen-bond donors (Lipinski definition) is 1. The summed E-state index contributed by atoms with van der Waals surface area (Å²) in [6.07, 6.45) is -1.76. The highest BCUT2D eigenvalue weighted by molar-refractivity contribution is 7.14. The largest absolute Gasteiger partial charge is 0.481 e. The minimum Gasteiger partial charge on any atom is -0.481 e. The topological polar surface area (TPSA) is 100 Å². The zero-order chi connectivity index (χ0) is 38.2. The van der Waals surface area contributed by atoms with Crippen LogP contribution < -0.4 is 0 Å². The summed E-state index contributed by atoms with van der Waals surface area (Å²) in [4.78, 5) is 50.1. The van der Waals surface area contributed by atoms with Crippen LogP contribution >= 0.6 is 11.3 Å². The summed E-state index contributed by atoms with van der Waals surface area (Å²) < 4.78 is 68.1. The SMILES string of the molecule is CC(C)(C)c1ccc(C(=O)C[C@@H](Cc2ccc(-c3ncc(-c4ccc(-c5ccc(C(F)(F)F)c(F)c5)cc4F)cn3)cc2)C(=O)N2CC(C(=O)O)C2)s1. The Morgan fingerprint density at radius 2 is 1.43 bits per heavy atom. The van der Waals surface area contributed by atoms with E-state index in [0.717, 1.165) is 22.6 Å². The predicted molar refractivity (Wildman–Crippen MR) is 190 cm³/mol. The summed E-state index contributed by atoms with van der Waals surface area (Å²) in [6.45, 7) is 6.39. The number of alkyl halides is 3. The van der Waals surface area contributed by atoms with Crippen molar-refractivity contribution in [3.63, 3.8) is 0 Å². The van der Waals surface area contributed by atoms with E-state index in [9.17, 15) is 37.1 Å². The summed E-state index contributed by atoms with van der Waals surface area (Å²) >= 11 is 1.41. The molecule has 1 amide bonds. The Morgan fingerprint density at radius 1 is 0.830 bits per heavy atom. The molecule has 0 radical (unpaired) electrons. The van der Waals surface area contributed by atoms with Crippen LogP contribution in [0.5, 0.6) is 0 Å². The van der Waals surface area contributed by atoms with Crippen LogP contribution in [0.15, 0.2) is 85.2 Å². The molecule has 274 valence electrons. The number of carbonyl (C=O) groups excluding carboxylic acids is 2. The summed E-state index contributed by atoms with van der Waals surface area (Å²) in [6, 6.07) is 17.3. The van der Waals surface area contributed by atoms with Gasteiger partial charge in [-0.3, -0.25) is 14.4 Å². The summed E-state index contributed by atoms with van der Waals surface area (Å²) in [5.74, 6) is -4.50. The lowest BCUT2D eigenvalue weighted by atomic mass is 9.89. The molecule has 1 atom stereocenters. The maximum Gasteiger partial charge on any atom is 0.419 e. The highest BCUT2D eigenvalue weighted by Gasteiger charge is 2.39. The van der Waals surface area contributed by atoms with Gasteiger partial charge >= 0.3 is 12.1 Å². The fourth-order valence-electron chi connectivity index (χ4n) is 6.08. The van der Waals surface area contributed by atoms with E-state index in [0.29, 0.717) is 34.0 Å². The molecule has 1 aliphatic rings. The van der Waals surface area contributed by atoms with Crippen molar-refractivity contribution in [3.05, 3.63) is 118 Å². The number of ketones is 1. The van der Waals surface area contributed by atoms with E-state index in [4.69, 9.17) is 0 Å². The number of benzene rings is 3. The number of aromatic nitrogens is 2. The van der Waals surface area contributed by atoms with Gasteiger partial charge in [0.1, 0.15) is 11.6 Å². The Kier molecular flexibility index (Phi) is 10.3. The summed E-state index contributed by atoms with van der Waals surface area (Å²) in [7, 11) is 0. The second-order valence-corrected chi connectivity index (χ2v) is 15.2. The Balaban J connectivity index is 1.15. The summed E-state index contributed by atoms with van der Waals surface area (Å²) in [5.41, 5.74) is 0.656. The van der Waals surface area contributed by atoms with Gasteiger partial charge in [0, 0.05) is 59.4 Å². The number of likely N-dealkylation sites (tertiary alicyclic amines) is 1. The number of nitrogens with zero attached hydrogens (tertiary/aromatic N) is 3. The first-order valence-electron chi connectivity index (χ1n) is 16.7. The lowest BCUT2D eigenvalue weighted by Crippen LogP contribution is -2.55. The van der Waals surface area contributed by atoms with Gasteiger partial charge in [-0.25, -0.2) is 18.7 Å². The highest BCUT2D eigenvalue weighted by Crippen LogP contribution is 2.35. The molecule has 5 aromatic rings. The third kappa shape index (κ3) is 8.35. The number of Topliss-reactive ketones (excluding diaryl/α,β-unsaturated/α-hetero) is 1. The minimum atomic E-state index is -4.84. The van der Waals surface area contributed by atoms with E-state index in [1.54, 1.807) is 30.3 Å². The lowest BCUT2D eigenvalue weighted by molar-refractivity contribution is -0.154. The molecule has 1 N–H and O–H groups in total. The van der Waals surface area contributed by atoms with Crippen molar-refractivity contribution < 1.29 is 41.4 Å². The van der Waals surface area contributed by atoms with Crippen LogP contribution in [0.2, 0.25) is 0 Å². The lowest BCUT2D eigenvalue weighted by Gasteiger charge is -2.38. The number of rotatable bonds is 10. The molecule has 53 heavy (non-hydrogen) atoms. The molecule has 1 aliphatic heterocycles. The van der Waals surface area contributed by atoms with Crippen LogP contribution in [0.1, 0.15) is 52.9 Å². The van der Waals surface area contributed by atoms with E-state index in [-0.39, 0.29) is 59.7 Å². The number of aliphatic carboxylic acids is 1. The molecule has 7 nitrogen and oxygen atoms in total. The van der Waals surface area contributed by atoms with Crippen LogP contribution in [0.4, 0.5) is 22.0 Å². The Morgan fingerprint density at radius 3 is 1.98 bits per heavy atom. The number of carbonyl (C=O) groups is 3. The fraction of sp³-hybridized carbons (Fsp3) is 0.275. The van der Waals surface area contributed by atoms with Crippen LogP contribution in [-0.4, -0.2) is 50.7 Å². The smallest absolute Gasteiger partial charge is 0.419 e. The van der Waals surface area contributed by atoms with E-state index >= 15 is 4.39 Å². The molecule has 1 fully saturated rings. The predicted octanol–water partition coefficient (Wildman–Crippen LogP) is 9.11. The first-order chi connectivity index (χ1) is 25.0. The average molecular weight is 748 g/mol.